The Hall–Kier alpha value is -0.520. The highest BCUT2D eigenvalue weighted by Crippen LogP contribution is 2.10. The van der Waals surface area contributed by atoms with Crippen molar-refractivity contribution >= 4 is 0 Å². The Balaban J connectivity index is 4.94. The van der Waals surface area contributed by atoms with Gasteiger partial charge in [-0.2, -0.15) is 0 Å². The molecule has 0 heterocycles. The van der Waals surface area contributed by atoms with E-state index < -0.39 is 62.0 Å². The molecular formula is C19H41NO12. The van der Waals surface area contributed by atoms with E-state index in [-0.39, 0.29) is 32.8 Å². The van der Waals surface area contributed by atoms with Crippen LogP contribution in [0.2, 0.25) is 0 Å². The van der Waals surface area contributed by atoms with Gasteiger partial charge >= 0.3 is 0 Å². The van der Waals surface area contributed by atoms with E-state index in [1.54, 1.807) is 0 Å². The minimum absolute atomic E-state index is 0.0959. The normalized spacial score (nSPS) is 19.9. The highest BCUT2D eigenvalue weighted by Gasteiger charge is 2.34. The fourth-order valence-corrected chi connectivity index (χ4v) is 2.79. The van der Waals surface area contributed by atoms with Crippen LogP contribution in [0.1, 0.15) is 13.3 Å². The van der Waals surface area contributed by atoms with Gasteiger partial charge in [-0.25, -0.2) is 0 Å². The summed E-state index contributed by atoms with van der Waals surface area (Å²) in [5, 5.41) is 96.6. The predicted octanol–water partition coefficient (Wildman–Crippen LogP) is -5.40. The molecule has 0 aromatic heterocycles. The molecule has 10 N–H and O–H groups in total. The lowest BCUT2D eigenvalue weighted by molar-refractivity contribution is -0.131. The predicted molar refractivity (Wildman–Crippen MR) is 111 cm³/mol. The van der Waals surface area contributed by atoms with Crippen LogP contribution in [0.3, 0.4) is 0 Å². The lowest BCUT2D eigenvalue weighted by Gasteiger charge is -2.33. The summed E-state index contributed by atoms with van der Waals surface area (Å²) in [6, 6.07) is 0. The molecule has 0 aliphatic carbocycles. The molecule has 0 bridgehead atoms. The first-order valence-corrected chi connectivity index (χ1v) is 10.6. The van der Waals surface area contributed by atoms with Crippen LogP contribution < -0.4 is 0 Å². The first-order chi connectivity index (χ1) is 15.1. The SMILES string of the molecule is CCCOCCOCCN(C[C@H](O)[C@@H](O)[C@H](O)[C@H](O)CO)C[C@H](O)[C@@H](O)[C@H](O)[C@H](O)CO. The fourth-order valence-electron chi connectivity index (χ4n) is 2.79. The van der Waals surface area contributed by atoms with Crippen molar-refractivity contribution in [2.75, 3.05) is 59.3 Å². The second-order valence-electron chi connectivity index (χ2n) is 7.58. The maximum Gasteiger partial charge on any atom is 0.111 e. The van der Waals surface area contributed by atoms with Crippen LogP contribution in [0.5, 0.6) is 0 Å². The summed E-state index contributed by atoms with van der Waals surface area (Å²) in [6.45, 7) is 1.07. The van der Waals surface area contributed by atoms with Gasteiger partial charge in [-0.05, 0) is 6.42 Å². The van der Waals surface area contributed by atoms with E-state index in [0.29, 0.717) is 13.2 Å². The number of hydrogen-bond donors (Lipinski definition) is 10. The molecule has 32 heavy (non-hydrogen) atoms. The van der Waals surface area contributed by atoms with Crippen molar-refractivity contribution in [3.63, 3.8) is 0 Å². The summed E-state index contributed by atoms with van der Waals surface area (Å²) < 4.78 is 10.7. The lowest BCUT2D eigenvalue weighted by atomic mass is 10.0. The van der Waals surface area contributed by atoms with Gasteiger partial charge in [0.1, 0.15) is 36.6 Å². The smallest absolute Gasteiger partial charge is 0.111 e. The van der Waals surface area contributed by atoms with E-state index in [1.807, 2.05) is 6.92 Å². The summed E-state index contributed by atoms with van der Waals surface area (Å²) in [7, 11) is 0. The first-order valence-electron chi connectivity index (χ1n) is 10.6. The molecule has 13 nitrogen and oxygen atoms in total. The monoisotopic (exact) mass is 475 g/mol. The summed E-state index contributed by atoms with van der Waals surface area (Å²) in [5.41, 5.74) is 0. The van der Waals surface area contributed by atoms with Gasteiger partial charge in [-0.3, -0.25) is 4.90 Å². The van der Waals surface area contributed by atoms with Gasteiger partial charge in [0.2, 0.25) is 0 Å². The minimum atomic E-state index is -1.83. The molecule has 194 valence electrons. The Bertz CT molecular complexity index is 419. The molecule has 8 atom stereocenters. The summed E-state index contributed by atoms with van der Waals surface area (Å²) in [5.74, 6) is 0. The van der Waals surface area contributed by atoms with Gasteiger partial charge in [0.05, 0.1) is 45.2 Å². The largest absolute Gasteiger partial charge is 0.394 e. The molecule has 0 radical (unpaired) electrons. The summed E-state index contributed by atoms with van der Waals surface area (Å²) in [6.07, 6.45) is -13.0. The Labute approximate surface area is 187 Å². The maximum absolute atomic E-state index is 10.2. The van der Waals surface area contributed by atoms with Gasteiger partial charge in [0.15, 0.2) is 0 Å². The standard InChI is InChI=1S/C19H41NO12/c1-2-4-31-6-7-32-5-3-20(8-12(23)16(27)18(29)14(25)10-21)9-13(24)17(28)19(30)15(26)11-22/h12-19,21-30H,2-11H2,1H3/t12-,13-,14+,15+,16+,17+,18+,19+/m0/s1. The molecule has 0 aromatic carbocycles. The lowest BCUT2D eigenvalue weighted by Crippen LogP contribution is -2.53. The molecule has 0 rings (SSSR count). The van der Waals surface area contributed by atoms with Crippen LogP contribution in [-0.2, 0) is 9.47 Å². The van der Waals surface area contributed by atoms with Gasteiger partial charge in [0, 0.05) is 26.2 Å². The van der Waals surface area contributed by atoms with Crippen LogP contribution in [0, 0.1) is 0 Å². The quantitative estimate of drug-likeness (QED) is 0.0743. The second-order valence-corrected chi connectivity index (χ2v) is 7.58. The van der Waals surface area contributed by atoms with Gasteiger partial charge in [-0.1, -0.05) is 6.92 Å². The van der Waals surface area contributed by atoms with Crippen LogP contribution in [0.15, 0.2) is 0 Å². The van der Waals surface area contributed by atoms with E-state index in [2.05, 4.69) is 0 Å². The van der Waals surface area contributed by atoms with Gasteiger partial charge in [0.25, 0.3) is 0 Å². The van der Waals surface area contributed by atoms with Crippen LogP contribution in [0.25, 0.3) is 0 Å². The van der Waals surface area contributed by atoms with E-state index in [4.69, 9.17) is 19.7 Å². The molecule has 0 aliphatic rings. The number of aliphatic hydroxyl groups excluding tert-OH is 10. The molecule has 0 saturated heterocycles. The van der Waals surface area contributed by atoms with Crippen molar-refractivity contribution in [2.24, 2.45) is 0 Å². The van der Waals surface area contributed by atoms with Gasteiger partial charge < -0.3 is 60.5 Å². The zero-order valence-electron chi connectivity index (χ0n) is 18.4. The number of rotatable bonds is 20. The molecule has 0 unspecified atom stereocenters. The number of nitrogens with zero attached hydrogens (tertiary/aromatic N) is 1. The Morgan fingerprint density at radius 1 is 0.562 bits per heavy atom. The number of ether oxygens (including phenoxy) is 2. The van der Waals surface area contributed by atoms with E-state index in [9.17, 15) is 40.9 Å². The molecule has 0 saturated carbocycles. The second kappa shape index (κ2) is 17.9. The minimum Gasteiger partial charge on any atom is -0.394 e. The van der Waals surface area contributed by atoms with Gasteiger partial charge in [-0.15, -0.1) is 0 Å². The maximum atomic E-state index is 10.2. The molecule has 0 aromatic rings. The van der Waals surface area contributed by atoms with Crippen molar-refractivity contribution < 1.29 is 60.5 Å². The molecular weight excluding hydrogens is 434 g/mol. The van der Waals surface area contributed by atoms with Crippen molar-refractivity contribution in [1.29, 1.82) is 0 Å². The first kappa shape index (κ1) is 31.5. The molecule has 0 amide bonds. The third-order valence-corrected chi connectivity index (χ3v) is 4.81. The van der Waals surface area contributed by atoms with E-state index >= 15 is 0 Å². The molecule has 0 fully saturated rings. The topological polar surface area (TPSA) is 224 Å². The third-order valence-electron chi connectivity index (χ3n) is 4.81. The van der Waals surface area contributed by atoms with Crippen LogP contribution in [0.4, 0.5) is 0 Å². The summed E-state index contributed by atoms with van der Waals surface area (Å²) in [4.78, 5) is 1.37. The number of hydrogen-bond acceptors (Lipinski definition) is 13. The zero-order valence-corrected chi connectivity index (χ0v) is 18.4. The highest BCUT2D eigenvalue weighted by atomic mass is 16.5. The molecule has 13 heteroatoms. The average molecular weight is 476 g/mol. The van der Waals surface area contributed by atoms with E-state index in [0.717, 1.165) is 6.42 Å². The van der Waals surface area contributed by atoms with Crippen molar-refractivity contribution in [3.05, 3.63) is 0 Å². The summed E-state index contributed by atoms with van der Waals surface area (Å²) >= 11 is 0. The fraction of sp³-hybridized carbons (Fsp3) is 1.00. The Morgan fingerprint density at radius 2 is 0.938 bits per heavy atom. The van der Waals surface area contributed by atoms with Crippen molar-refractivity contribution in [3.8, 4) is 0 Å². The van der Waals surface area contributed by atoms with E-state index in [1.165, 1.54) is 4.90 Å². The molecule has 0 aliphatic heterocycles. The average Bonchev–Trinajstić information content (AvgIpc) is 2.79. The molecule has 0 spiro atoms. The highest BCUT2D eigenvalue weighted by molar-refractivity contribution is 4.86. The number of aliphatic hydroxyl groups is 10. The Morgan fingerprint density at radius 3 is 1.31 bits per heavy atom. The zero-order chi connectivity index (χ0) is 24.7. The van der Waals surface area contributed by atoms with Crippen LogP contribution in [-0.4, -0.2) is 164 Å². The third kappa shape index (κ3) is 12.1. The van der Waals surface area contributed by atoms with Crippen LogP contribution >= 0.6 is 0 Å². The van der Waals surface area contributed by atoms with Crippen molar-refractivity contribution in [1.82, 2.24) is 4.90 Å². The Kier molecular flexibility index (Phi) is 17.6. The van der Waals surface area contributed by atoms with Crippen molar-refractivity contribution in [2.45, 2.75) is 62.2 Å².